The van der Waals surface area contributed by atoms with Gasteiger partial charge >= 0.3 is 0 Å². The summed E-state index contributed by atoms with van der Waals surface area (Å²) < 4.78 is 1.73. The molecule has 27 heavy (non-hydrogen) atoms. The van der Waals surface area contributed by atoms with Crippen molar-refractivity contribution < 1.29 is 9.90 Å². The van der Waals surface area contributed by atoms with Crippen LogP contribution in [-0.2, 0) is 13.6 Å². The van der Waals surface area contributed by atoms with Crippen molar-refractivity contribution in [3.8, 4) is 17.1 Å². The fourth-order valence-electron chi connectivity index (χ4n) is 3.33. The third kappa shape index (κ3) is 3.69. The topological polar surface area (TPSA) is 71.2 Å². The van der Waals surface area contributed by atoms with Crippen LogP contribution >= 0.6 is 0 Å². The number of nitrogens with zero attached hydrogens (tertiary/aromatic N) is 4. The number of phenolic OH excluding ortho intramolecular Hbond substituents is 1. The number of carbonyl (C=O) groups is 1. The zero-order valence-corrected chi connectivity index (χ0v) is 15.5. The van der Waals surface area contributed by atoms with Crippen LogP contribution in [0.25, 0.3) is 11.4 Å². The van der Waals surface area contributed by atoms with Crippen molar-refractivity contribution in [3.63, 3.8) is 0 Å². The first kappa shape index (κ1) is 17.3. The Balaban J connectivity index is 1.62. The lowest BCUT2D eigenvalue weighted by Crippen LogP contribution is -2.32. The Morgan fingerprint density at radius 2 is 2.00 bits per heavy atom. The van der Waals surface area contributed by atoms with Gasteiger partial charge in [0.2, 0.25) is 0 Å². The van der Waals surface area contributed by atoms with Crippen LogP contribution in [0.2, 0.25) is 0 Å². The summed E-state index contributed by atoms with van der Waals surface area (Å²) in [6, 6.07) is 14.9. The zero-order chi connectivity index (χ0) is 19.0. The van der Waals surface area contributed by atoms with E-state index in [1.54, 1.807) is 22.9 Å². The monoisotopic (exact) mass is 362 g/mol. The average Bonchev–Trinajstić information content (AvgIpc) is 3.43. The van der Waals surface area contributed by atoms with Gasteiger partial charge in [-0.3, -0.25) is 4.79 Å². The summed E-state index contributed by atoms with van der Waals surface area (Å²) in [6.07, 6.45) is 2.04. The lowest BCUT2D eigenvalue weighted by Gasteiger charge is -2.23. The van der Waals surface area contributed by atoms with Gasteiger partial charge in [-0.05, 0) is 49.6 Å². The van der Waals surface area contributed by atoms with Gasteiger partial charge in [-0.25, -0.2) is 9.67 Å². The first-order valence-corrected chi connectivity index (χ1v) is 9.08. The fourth-order valence-corrected chi connectivity index (χ4v) is 3.33. The SMILES string of the molecule is Cc1nc(-c2cccc(C(=O)N(Cc3cccc(O)c3)C3CC3)c2)n(C)n1. The maximum Gasteiger partial charge on any atom is 0.254 e. The molecule has 0 spiro atoms. The lowest BCUT2D eigenvalue weighted by molar-refractivity contribution is 0.0730. The van der Waals surface area contributed by atoms with Gasteiger partial charge in [0.1, 0.15) is 11.6 Å². The normalized spacial score (nSPS) is 13.6. The minimum Gasteiger partial charge on any atom is -0.508 e. The maximum atomic E-state index is 13.2. The number of aromatic hydroxyl groups is 1. The number of phenols is 1. The van der Waals surface area contributed by atoms with E-state index < -0.39 is 0 Å². The van der Waals surface area contributed by atoms with Crippen LogP contribution in [0.5, 0.6) is 5.75 Å². The van der Waals surface area contributed by atoms with Crippen LogP contribution in [0, 0.1) is 6.92 Å². The van der Waals surface area contributed by atoms with E-state index in [1.165, 1.54) is 0 Å². The van der Waals surface area contributed by atoms with Crippen molar-refractivity contribution in [3.05, 3.63) is 65.5 Å². The van der Waals surface area contributed by atoms with E-state index in [9.17, 15) is 9.90 Å². The molecule has 1 amide bonds. The summed E-state index contributed by atoms with van der Waals surface area (Å²) in [4.78, 5) is 19.6. The maximum absolute atomic E-state index is 13.2. The third-order valence-electron chi connectivity index (χ3n) is 4.75. The second-order valence-corrected chi connectivity index (χ2v) is 7.02. The molecule has 1 aliphatic carbocycles. The van der Waals surface area contributed by atoms with Gasteiger partial charge in [0, 0.05) is 30.8 Å². The summed E-state index contributed by atoms with van der Waals surface area (Å²) in [5.41, 5.74) is 2.44. The van der Waals surface area contributed by atoms with Crippen molar-refractivity contribution in [1.29, 1.82) is 0 Å². The smallest absolute Gasteiger partial charge is 0.254 e. The Bertz CT molecular complexity index is 991. The van der Waals surface area contributed by atoms with Crippen molar-refractivity contribution in [2.45, 2.75) is 32.4 Å². The van der Waals surface area contributed by atoms with Crippen molar-refractivity contribution in [2.75, 3.05) is 0 Å². The van der Waals surface area contributed by atoms with E-state index in [0.29, 0.717) is 17.9 Å². The van der Waals surface area contributed by atoms with Crippen LogP contribution in [0.3, 0.4) is 0 Å². The Labute approximate surface area is 158 Å². The number of aryl methyl sites for hydroxylation is 2. The Kier molecular flexibility index (Phi) is 4.39. The van der Waals surface area contributed by atoms with E-state index in [1.807, 2.05) is 49.2 Å². The third-order valence-corrected chi connectivity index (χ3v) is 4.75. The Morgan fingerprint density at radius 1 is 1.22 bits per heavy atom. The van der Waals surface area contributed by atoms with Crippen LogP contribution in [0.15, 0.2) is 48.5 Å². The van der Waals surface area contributed by atoms with Crippen LogP contribution in [-0.4, -0.2) is 36.7 Å². The highest BCUT2D eigenvalue weighted by molar-refractivity contribution is 5.95. The molecule has 0 aliphatic heterocycles. The molecule has 1 aromatic heterocycles. The molecule has 6 nitrogen and oxygen atoms in total. The number of amides is 1. The van der Waals surface area contributed by atoms with Gasteiger partial charge < -0.3 is 10.0 Å². The van der Waals surface area contributed by atoms with Gasteiger partial charge in [0.05, 0.1) is 0 Å². The van der Waals surface area contributed by atoms with Crippen molar-refractivity contribution in [1.82, 2.24) is 19.7 Å². The summed E-state index contributed by atoms with van der Waals surface area (Å²) in [7, 11) is 1.85. The molecule has 1 fully saturated rings. The summed E-state index contributed by atoms with van der Waals surface area (Å²) in [6.45, 7) is 2.34. The Hall–Kier alpha value is -3.15. The highest BCUT2D eigenvalue weighted by atomic mass is 16.3. The number of hydrogen-bond acceptors (Lipinski definition) is 4. The van der Waals surface area contributed by atoms with Crippen molar-refractivity contribution >= 4 is 5.91 Å². The highest BCUT2D eigenvalue weighted by Gasteiger charge is 2.33. The van der Waals surface area contributed by atoms with E-state index in [2.05, 4.69) is 10.1 Å². The zero-order valence-electron chi connectivity index (χ0n) is 15.5. The molecule has 0 atom stereocenters. The summed E-state index contributed by atoms with van der Waals surface area (Å²) >= 11 is 0. The fraction of sp³-hybridized carbons (Fsp3) is 0.286. The number of carbonyl (C=O) groups excluding carboxylic acids is 1. The summed E-state index contributed by atoms with van der Waals surface area (Å²) in [5, 5.41) is 14.0. The average molecular weight is 362 g/mol. The van der Waals surface area contributed by atoms with Crippen LogP contribution in [0.1, 0.15) is 34.6 Å². The van der Waals surface area contributed by atoms with Crippen LogP contribution in [0.4, 0.5) is 0 Å². The minimum absolute atomic E-state index is 0.00147. The predicted molar refractivity (Wildman–Crippen MR) is 102 cm³/mol. The molecule has 2 aromatic carbocycles. The minimum atomic E-state index is 0.00147. The molecular weight excluding hydrogens is 340 g/mol. The molecular formula is C21H22N4O2. The molecule has 1 aliphatic rings. The standard InChI is InChI=1S/C21H22N4O2/c1-14-22-20(24(2)23-14)16-6-4-7-17(12-16)21(27)25(18-9-10-18)13-15-5-3-8-19(26)11-15/h3-8,11-12,18,26H,9-10,13H2,1-2H3. The number of rotatable bonds is 5. The number of hydrogen-bond donors (Lipinski definition) is 1. The molecule has 6 heteroatoms. The van der Waals surface area contributed by atoms with Gasteiger partial charge in [0.25, 0.3) is 5.91 Å². The predicted octanol–water partition coefficient (Wildman–Crippen LogP) is 3.30. The van der Waals surface area contributed by atoms with E-state index >= 15 is 0 Å². The first-order valence-electron chi connectivity index (χ1n) is 9.08. The van der Waals surface area contributed by atoms with Gasteiger partial charge in [-0.1, -0.05) is 24.3 Å². The number of benzene rings is 2. The van der Waals surface area contributed by atoms with E-state index in [0.717, 1.165) is 29.8 Å². The molecule has 4 rings (SSSR count). The molecule has 3 aromatic rings. The second kappa shape index (κ2) is 6.87. The first-order chi connectivity index (χ1) is 13.0. The van der Waals surface area contributed by atoms with Gasteiger partial charge in [-0.15, -0.1) is 0 Å². The van der Waals surface area contributed by atoms with E-state index in [4.69, 9.17) is 0 Å². The molecule has 1 N–H and O–H groups in total. The molecule has 0 unspecified atom stereocenters. The van der Waals surface area contributed by atoms with Crippen LogP contribution < -0.4 is 0 Å². The lowest BCUT2D eigenvalue weighted by atomic mass is 10.1. The molecule has 138 valence electrons. The van der Waals surface area contributed by atoms with Gasteiger partial charge in [-0.2, -0.15) is 5.10 Å². The molecule has 1 heterocycles. The Morgan fingerprint density at radius 3 is 2.67 bits per heavy atom. The molecule has 0 radical (unpaired) electrons. The molecule has 1 saturated carbocycles. The largest absolute Gasteiger partial charge is 0.508 e. The van der Waals surface area contributed by atoms with E-state index in [-0.39, 0.29) is 17.7 Å². The van der Waals surface area contributed by atoms with Crippen molar-refractivity contribution in [2.24, 2.45) is 7.05 Å². The highest BCUT2D eigenvalue weighted by Crippen LogP contribution is 2.31. The second-order valence-electron chi connectivity index (χ2n) is 7.02. The summed E-state index contributed by atoms with van der Waals surface area (Å²) in [5.74, 6) is 1.66. The number of aromatic nitrogens is 3. The molecule has 0 saturated heterocycles. The molecule has 0 bridgehead atoms. The quantitative estimate of drug-likeness (QED) is 0.756. The van der Waals surface area contributed by atoms with Gasteiger partial charge in [0.15, 0.2) is 5.82 Å².